The number of likely N-dealkylation sites (tertiary alicyclic amines) is 2. The zero-order chi connectivity index (χ0) is 19.7. The molecule has 154 valence electrons. The maximum Gasteiger partial charge on any atom is 0.219 e. The van der Waals surface area contributed by atoms with Crippen LogP contribution in [-0.2, 0) is 4.79 Å². The molecule has 3 aliphatic rings. The van der Waals surface area contributed by atoms with Crippen LogP contribution in [0.25, 0.3) is 0 Å². The van der Waals surface area contributed by atoms with Crippen LogP contribution in [0.15, 0.2) is 24.3 Å². The Morgan fingerprint density at radius 2 is 1.89 bits per heavy atom. The lowest BCUT2D eigenvalue weighted by Crippen LogP contribution is -2.53. The van der Waals surface area contributed by atoms with E-state index in [2.05, 4.69) is 45.9 Å². The molecular weight excluding hydrogens is 350 g/mol. The average Bonchev–Trinajstić information content (AvgIpc) is 2.91. The summed E-state index contributed by atoms with van der Waals surface area (Å²) < 4.78 is 0. The standard InChI is InChI=1S/C23H35N3O2/c1-18-6-5-7-20(16-18)24-14-10-23(28,11-15-24)17-25-13-9-22-21(25)8-3-4-12-26(22)19(2)27/h5-7,16,21-22,28H,3-4,8-15,17H2,1-2H3/t21-,22-/m0/s1. The Kier molecular flexibility index (Phi) is 5.66. The number of aliphatic hydroxyl groups is 1. The SMILES string of the molecule is CC(=O)N1CCCC[C@H]2[C@@H]1CCN2CC1(O)CCN(c2cccc(C)c2)CC1. The first-order valence-corrected chi connectivity index (χ1v) is 11.0. The predicted molar refractivity (Wildman–Crippen MR) is 113 cm³/mol. The minimum atomic E-state index is -0.609. The Labute approximate surface area is 169 Å². The summed E-state index contributed by atoms with van der Waals surface area (Å²) in [5.41, 5.74) is 1.94. The molecule has 1 aromatic carbocycles. The van der Waals surface area contributed by atoms with E-state index in [4.69, 9.17) is 0 Å². The van der Waals surface area contributed by atoms with Crippen molar-refractivity contribution in [2.24, 2.45) is 0 Å². The van der Waals surface area contributed by atoms with Gasteiger partial charge in [0.2, 0.25) is 5.91 Å². The van der Waals surface area contributed by atoms with Crippen molar-refractivity contribution < 1.29 is 9.90 Å². The van der Waals surface area contributed by atoms with Crippen LogP contribution in [0, 0.1) is 6.92 Å². The fraction of sp³-hybridized carbons (Fsp3) is 0.696. The van der Waals surface area contributed by atoms with Crippen LogP contribution in [0.2, 0.25) is 0 Å². The van der Waals surface area contributed by atoms with Crippen molar-refractivity contribution in [3.63, 3.8) is 0 Å². The Balaban J connectivity index is 1.38. The Morgan fingerprint density at radius 1 is 1.11 bits per heavy atom. The second kappa shape index (κ2) is 8.03. The van der Waals surface area contributed by atoms with Gasteiger partial charge in [-0.2, -0.15) is 0 Å². The van der Waals surface area contributed by atoms with E-state index in [9.17, 15) is 9.90 Å². The van der Waals surface area contributed by atoms with Crippen LogP contribution < -0.4 is 4.90 Å². The highest BCUT2D eigenvalue weighted by Crippen LogP contribution is 2.34. The fourth-order valence-corrected chi connectivity index (χ4v) is 5.57. The third-order valence-electron chi connectivity index (χ3n) is 7.14. The van der Waals surface area contributed by atoms with Gasteiger partial charge in [0.25, 0.3) is 0 Å². The molecule has 1 aromatic rings. The molecule has 1 N–H and O–H groups in total. The topological polar surface area (TPSA) is 47.0 Å². The van der Waals surface area contributed by atoms with Gasteiger partial charge in [-0.1, -0.05) is 18.6 Å². The van der Waals surface area contributed by atoms with Crippen molar-refractivity contribution >= 4 is 11.6 Å². The Bertz CT molecular complexity index is 699. The largest absolute Gasteiger partial charge is 0.388 e. The molecule has 0 radical (unpaired) electrons. The fourth-order valence-electron chi connectivity index (χ4n) is 5.57. The first-order chi connectivity index (χ1) is 13.5. The monoisotopic (exact) mass is 385 g/mol. The highest BCUT2D eigenvalue weighted by atomic mass is 16.3. The number of rotatable bonds is 3. The summed E-state index contributed by atoms with van der Waals surface area (Å²) in [6, 6.07) is 9.41. The molecule has 5 nitrogen and oxygen atoms in total. The molecule has 4 rings (SSSR count). The van der Waals surface area contributed by atoms with Crippen LogP contribution in [0.5, 0.6) is 0 Å². The molecule has 0 aromatic heterocycles. The molecule has 3 aliphatic heterocycles. The quantitative estimate of drug-likeness (QED) is 0.869. The second-order valence-corrected chi connectivity index (χ2v) is 9.15. The van der Waals surface area contributed by atoms with Gasteiger partial charge in [-0.3, -0.25) is 9.69 Å². The van der Waals surface area contributed by atoms with E-state index in [0.717, 1.165) is 64.8 Å². The molecule has 1 amide bonds. The van der Waals surface area contributed by atoms with E-state index < -0.39 is 5.60 Å². The van der Waals surface area contributed by atoms with E-state index in [1.807, 2.05) is 0 Å². The molecule has 0 bridgehead atoms. The zero-order valence-corrected chi connectivity index (χ0v) is 17.4. The lowest BCUT2D eigenvalue weighted by atomic mass is 9.89. The van der Waals surface area contributed by atoms with Gasteiger partial charge >= 0.3 is 0 Å². The molecule has 0 saturated carbocycles. The number of fused-ring (bicyclic) bond motifs is 1. The minimum absolute atomic E-state index is 0.212. The van der Waals surface area contributed by atoms with Crippen LogP contribution in [0.3, 0.4) is 0 Å². The number of hydrogen-bond donors (Lipinski definition) is 1. The predicted octanol–water partition coefficient (Wildman–Crippen LogP) is 2.80. The van der Waals surface area contributed by atoms with Crippen molar-refractivity contribution in [3.05, 3.63) is 29.8 Å². The molecule has 3 fully saturated rings. The van der Waals surface area contributed by atoms with E-state index in [0.29, 0.717) is 12.1 Å². The normalized spacial score (nSPS) is 28.1. The molecule has 0 unspecified atom stereocenters. The van der Waals surface area contributed by atoms with Crippen LogP contribution in [-0.4, -0.2) is 71.2 Å². The number of β-amino-alcohol motifs (C(OH)–C–C–N with tert-alkyl or cyclic N) is 1. The highest BCUT2D eigenvalue weighted by Gasteiger charge is 2.43. The molecule has 0 spiro atoms. The Morgan fingerprint density at radius 3 is 2.61 bits per heavy atom. The van der Waals surface area contributed by atoms with Gasteiger partial charge in [-0.15, -0.1) is 0 Å². The maximum absolute atomic E-state index is 12.1. The average molecular weight is 386 g/mol. The number of piperidine rings is 1. The number of anilines is 1. The summed E-state index contributed by atoms with van der Waals surface area (Å²) in [7, 11) is 0. The van der Waals surface area contributed by atoms with Gasteiger partial charge in [0, 0.05) is 57.4 Å². The third-order valence-corrected chi connectivity index (χ3v) is 7.14. The maximum atomic E-state index is 12.1. The van der Waals surface area contributed by atoms with Gasteiger partial charge < -0.3 is 14.9 Å². The van der Waals surface area contributed by atoms with Gasteiger partial charge in [0.15, 0.2) is 0 Å². The molecule has 2 atom stereocenters. The van der Waals surface area contributed by atoms with E-state index >= 15 is 0 Å². The van der Waals surface area contributed by atoms with Crippen LogP contribution in [0.1, 0.15) is 51.0 Å². The van der Waals surface area contributed by atoms with Crippen molar-refractivity contribution in [3.8, 4) is 0 Å². The minimum Gasteiger partial charge on any atom is -0.388 e. The molecule has 3 heterocycles. The van der Waals surface area contributed by atoms with Crippen molar-refractivity contribution in [1.29, 1.82) is 0 Å². The third kappa shape index (κ3) is 4.06. The molecule has 0 aliphatic carbocycles. The number of carbonyl (C=O) groups excluding carboxylic acids is 1. The zero-order valence-electron chi connectivity index (χ0n) is 17.4. The molecular formula is C23H35N3O2. The lowest BCUT2D eigenvalue weighted by molar-refractivity contribution is -0.131. The molecule has 3 saturated heterocycles. The van der Waals surface area contributed by atoms with Gasteiger partial charge in [0.05, 0.1) is 5.60 Å². The van der Waals surface area contributed by atoms with Crippen LogP contribution >= 0.6 is 0 Å². The summed E-state index contributed by atoms with van der Waals surface area (Å²) in [5, 5.41) is 11.3. The summed E-state index contributed by atoms with van der Waals surface area (Å²) in [6.07, 6.45) is 6.11. The number of hydrogen-bond acceptors (Lipinski definition) is 4. The smallest absolute Gasteiger partial charge is 0.219 e. The first-order valence-electron chi connectivity index (χ1n) is 11.0. The van der Waals surface area contributed by atoms with Gasteiger partial charge in [-0.05, 0) is 56.7 Å². The van der Waals surface area contributed by atoms with Crippen molar-refractivity contribution in [2.45, 2.75) is 70.1 Å². The van der Waals surface area contributed by atoms with Gasteiger partial charge in [0.1, 0.15) is 0 Å². The molecule has 28 heavy (non-hydrogen) atoms. The Hall–Kier alpha value is -1.59. The summed E-state index contributed by atoms with van der Waals surface area (Å²) in [4.78, 5) is 19.1. The summed E-state index contributed by atoms with van der Waals surface area (Å²) in [6.45, 7) is 8.30. The second-order valence-electron chi connectivity index (χ2n) is 9.15. The van der Waals surface area contributed by atoms with E-state index in [1.54, 1.807) is 6.92 Å². The van der Waals surface area contributed by atoms with Crippen molar-refractivity contribution in [1.82, 2.24) is 9.80 Å². The first kappa shape index (κ1) is 19.7. The number of aryl methyl sites for hydroxylation is 1. The summed E-state index contributed by atoms with van der Waals surface area (Å²) in [5.74, 6) is 0.212. The van der Waals surface area contributed by atoms with Crippen molar-refractivity contribution in [2.75, 3.05) is 37.6 Å². The van der Waals surface area contributed by atoms with E-state index in [1.165, 1.54) is 17.7 Å². The lowest BCUT2D eigenvalue weighted by Gasteiger charge is -2.43. The number of nitrogens with zero attached hydrogens (tertiary/aromatic N) is 3. The van der Waals surface area contributed by atoms with E-state index in [-0.39, 0.29) is 5.91 Å². The van der Waals surface area contributed by atoms with Gasteiger partial charge in [-0.25, -0.2) is 0 Å². The van der Waals surface area contributed by atoms with Crippen LogP contribution in [0.4, 0.5) is 5.69 Å². The number of carbonyl (C=O) groups is 1. The molecule has 5 heteroatoms. The highest BCUT2D eigenvalue weighted by molar-refractivity contribution is 5.73. The number of amides is 1. The summed E-state index contributed by atoms with van der Waals surface area (Å²) >= 11 is 0. The number of benzene rings is 1.